The number of hydrogen-bond acceptors (Lipinski definition) is 4. The van der Waals surface area contributed by atoms with Crippen molar-refractivity contribution in [2.75, 3.05) is 25.3 Å². The molecular formula is C14H21NO2S. The van der Waals surface area contributed by atoms with Gasteiger partial charge in [-0.3, -0.25) is 0 Å². The molecule has 1 aromatic rings. The average Bonchev–Trinajstić information content (AvgIpc) is 2.81. The van der Waals surface area contributed by atoms with Gasteiger partial charge in [0.25, 0.3) is 0 Å². The van der Waals surface area contributed by atoms with Gasteiger partial charge >= 0.3 is 0 Å². The van der Waals surface area contributed by atoms with E-state index < -0.39 is 0 Å². The van der Waals surface area contributed by atoms with Crippen molar-refractivity contribution in [2.45, 2.75) is 19.9 Å². The molecule has 1 aliphatic heterocycles. The maximum Gasteiger partial charge on any atom is 0.231 e. The van der Waals surface area contributed by atoms with E-state index in [0.29, 0.717) is 12.8 Å². The van der Waals surface area contributed by atoms with Crippen LogP contribution in [0.2, 0.25) is 0 Å². The Bertz CT molecular complexity index is 395. The molecular weight excluding hydrogens is 246 g/mol. The molecule has 1 unspecified atom stereocenters. The van der Waals surface area contributed by atoms with Crippen LogP contribution < -0.4 is 14.8 Å². The van der Waals surface area contributed by atoms with Crippen LogP contribution >= 0.6 is 11.8 Å². The molecule has 18 heavy (non-hydrogen) atoms. The number of nitrogens with one attached hydrogen (secondary N) is 1. The minimum atomic E-state index is 0.338. The lowest BCUT2D eigenvalue weighted by Gasteiger charge is -2.17. The molecule has 4 heteroatoms. The predicted molar refractivity (Wildman–Crippen MR) is 76.5 cm³/mol. The Hall–Kier alpha value is -0.870. The topological polar surface area (TPSA) is 30.5 Å². The van der Waals surface area contributed by atoms with Gasteiger partial charge in [-0.2, -0.15) is 11.8 Å². The zero-order valence-electron chi connectivity index (χ0n) is 11.2. The van der Waals surface area contributed by atoms with Crippen LogP contribution in [0.3, 0.4) is 0 Å². The third-order valence-corrected chi connectivity index (χ3v) is 4.35. The summed E-state index contributed by atoms with van der Waals surface area (Å²) < 4.78 is 10.8. The van der Waals surface area contributed by atoms with Crippen LogP contribution in [0.4, 0.5) is 0 Å². The van der Waals surface area contributed by atoms with Gasteiger partial charge in [0, 0.05) is 11.8 Å². The van der Waals surface area contributed by atoms with E-state index in [4.69, 9.17) is 9.47 Å². The van der Waals surface area contributed by atoms with E-state index in [1.165, 1.54) is 11.3 Å². The monoisotopic (exact) mass is 267 g/mol. The Morgan fingerprint density at radius 3 is 2.72 bits per heavy atom. The normalized spacial score (nSPS) is 15.1. The zero-order valence-corrected chi connectivity index (χ0v) is 12.0. The summed E-state index contributed by atoms with van der Waals surface area (Å²) in [5.74, 6) is 4.73. The van der Waals surface area contributed by atoms with Gasteiger partial charge < -0.3 is 14.8 Å². The lowest BCUT2D eigenvalue weighted by molar-refractivity contribution is 0.174. The predicted octanol–water partition coefficient (Wildman–Crippen LogP) is 3.07. The molecule has 2 rings (SSSR count). The van der Waals surface area contributed by atoms with Crippen LogP contribution in [-0.4, -0.2) is 25.3 Å². The SMILES string of the molecule is CNC(CSCC(C)C)c1ccc2c(c1)OCO2. The fraction of sp³-hybridized carbons (Fsp3) is 0.571. The molecule has 0 radical (unpaired) electrons. The first kappa shape index (κ1) is 13.6. The third-order valence-electron chi connectivity index (χ3n) is 2.88. The first-order chi connectivity index (χ1) is 8.70. The molecule has 0 bridgehead atoms. The van der Waals surface area contributed by atoms with Crippen LogP contribution in [0.1, 0.15) is 25.5 Å². The standard InChI is InChI=1S/C14H21NO2S/c1-10(2)7-18-8-12(15-3)11-4-5-13-14(6-11)17-9-16-13/h4-6,10,12,15H,7-9H2,1-3H3. The van der Waals surface area contributed by atoms with E-state index in [0.717, 1.165) is 23.2 Å². The summed E-state index contributed by atoms with van der Waals surface area (Å²) in [4.78, 5) is 0. The quantitative estimate of drug-likeness (QED) is 0.858. The smallest absolute Gasteiger partial charge is 0.231 e. The van der Waals surface area contributed by atoms with Crippen molar-refractivity contribution in [1.82, 2.24) is 5.32 Å². The summed E-state index contributed by atoms with van der Waals surface area (Å²) in [6.07, 6.45) is 0. The third kappa shape index (κ3) is 3.33. The maximum atomic E-state index is 5.42. The molecule has 1 heterocycles. The van der Waals surface area contributed by atoms with Gasteiger partial charge in [-0.1, -0.05) is 19.9 Å². The van der Waals surface area contributed by atoms with E-state index in [2.05, 4.69) is 31.3 Å². The van der Waals surface area contributed by atoms with E-state index in [-0.39, 0.29) is 0 Å². The Morgan fingerprint density at radius 1 is 1.22 bits per heavy atom. The van der Waals surface area contributed by atoms with Crippen LogP contribution in [-0.2, 0) is 0 Å². The highest BCUT2D eigenvalue weighted by atomic mass is 32.2. The van der Waals surface area contributed by atoms with Crippen molar-refractivity contribution in [1.29, 1.82) is 0 Å². The van der Waals surface area contributed by atoms with Crippen molar-refractivity contribution in [3.63, 3.8) is 0 Å². The molecule has 0 fully saturated rings. The molecule has 3 nitrogen and oxygen atoms in total. The number of thioether (sulfide) groups is 1. The van der Waals surface area contributed by atoms with E-state index in [9.17, 15) is 0 Å². The van der Waals surface area contributed by atoms with Crippen LogP contribution in [0, 0.1) is 5.92 Å². The Kier molecular flexibility index (Phi) is 4.78. The number of hydrogen-bond donors (Lipinski definition) is 1. The van der Waals surface area contributed by atoms with Gasteiger partial charge in [-0.05, 0) is 36.4 Å². The second-order valence-corrected chi connectivity index (χ2v) is 5.96. The summed E-state index contributed by atoms with van der Waals surface area (Å²) in [6, 6.07) is 6.56. The highest BCUT2D eigenvalue weighted by Crippen LogP contribution is 2.34. The van der Waals surface area contributed by atoms with E-state index >= 15 is 0 Å². The van der Waals surface area contributed by atoms with Crippen LogP contribution in [0.15, 0.2) is 18.2 Å². The summed E-state index contributed by atoms with van der Waals surface area (Å²) in [7, 11) is 2.01. The molecule has 1 aliphatic rings. The van der Waals surface area contributed by atoms with Crippen molar-refractivity contribution >= 4 is 11.8 Å². The number of rotatable bonds is 6. The largest absolute Gasteiger partial charge is 0.454 e. The highest BCUT2D eigenvalue weighted by molar-refractivity contribution is 7.99. The van der Waals surface area contributed by atoms with Gasteiger partial charge in [0.1, 0.15) is 0 Å². The Labute approximate surface area is 113 Å². The number of fused-ring (bicyclic) bond motifs is 1. The van der Waals surface area contributed by atoms with E-state index in [1.807, 2.05) is 24.9 Å². The molecule has 0 saturated carbocycles. The highest BCUT2D eigenvalue weighted by Gasteiger charge is 2.17. The van der Waals surface area contributed by atoms with Gasteiger partial charge in [0.2, 0.25) is 6.79 Å². The second-order valence-electron chi connectivity index (χ2n) is 4.89. The second kappa shape index (κ2) is 6.34. The number of ether oxygens (including phenoxy) is 2. The fourth-order valence-corrected chi connectivity index (χ4v) is 3.10. The molecule has 0 saturated heterocycles. The van der Waals surface area contributed by atoms with Crippen molar-refractivity contribution in [3.8, 4) is 11.5 Å². The molecule has 1 atom stereocenters. The van der Waals surface area contributed by atoms with Crippen molar-refractivity contribution in [3.05, 3.63) is 23.8 Å². The van der Waals surface area contributed by atoms with Crippen molar-refractivity contribution in [2.24, 2.45) is 5.92 Å². The number of benzene rings is 1. The van der Waals surface area contributed by atoms with Crippen LogP contribution in [0.5, 0.6) is 11.5 Å². The first-order valence-electron chi connectivity index (χ1n) is 6.35. The molecule has 100 valence electrons. The van der Waals surface area contributed by atoms with Gasteiger partial charge in [0.15, 0.2) is 11.5 Å². The average molecular weight is 267 g/mol. The molecule has 0 aliphatic carbocycles. The van der Waals surface area contributed by atoms with Gasteiger partial charge in [-0.25, -0.2) is 0 Å². The van der Waals surface area contributed by atoms with E-state index in [1.54, 1.807) is 0 Å². The molecule has 1 aromatic carbocycles. The summed E-state index contributed by atoms with van der Waals surface area (Å²) in [5.41, 5.74) is 1.26. The zero-order chi connectivity index (χ0) is 13.0. The van der Waals surface area contributed by atoms with Gasteiger partial charge in [0.05, 0.1) is 0 Å². The van der Waals surface area contributed by atoms with Gasteiger partial charge in [-0.15, -0.1) is 0 Å². The summed E-state index contributed by atoms with van der Waals surface area (Å²) >= 11 is 1.99. The molecule has 0 spiro atoms. The fourth-order valence-electron chi connectivity index (χ4n) is 1.90. The lowest BCUT2D eigenvalue weighted by Crippen LogP contribution is -2.19. The first-order valence-corrected chi connectivity index (χ1v) is 7.50. The summed E-state index contributed by atoms with van der Waals surface area (Å²) in [5, 5.41) is 3.37. The Morgan fingerprint density at radius 2 is 2.00 bits per heavy atom. The van der Waals surface area contributed by atoms with Crippen LogP contribution in [0.25, 0.3) is 0 Å². The Balaban J connectivity index is 1.99. The lowest BCUT2D eigenvalue weighted by atomic mass is 10.1. The molecule has 1 N–H and O–H groups in total. The summed E-state index contributed by atoms with van der Waals surface area (Å²) in [6.45, 7) is 4.84. The minimum Gasteiger partial charge on any atom is -0.454 e. The van der Waals surface area contributed by atoms with Crippen molar-refractivity contribution < 1.29 is 9.47 Å². The molecule has 0 amide bonds. The maximum absolute atomic E-state index is 5.42. The minimum absolute atomic E-state index is 0.338. The molecule has 0 aromatic heterocycles.